The van der Waals surface area contributed by atoms with Crippen LogP contribution in [-0.2, 0) is 14.3 Å². The van der Waals surface area contributed by atoms with Gasteiger partial charge >= 0.3 is 0 Å². The van der Waals surface area contributed by atoms with Gasteiger partial charge in [0.15, 0.2) is 0 Å². The fourth-order valence-electron chi connectivity index (χ4n) is 6.63. The van der Waals surface area contributed by atoms with E-state index in [1.165, 1.54) is 24.8 Å². The second-order valence-electron chi connectivity index (χ2n) is 11.0. The Labute approximate surface area is 189 Å². The molecule has 1 saturated carbocycles. The number of benzene rings is 1. The van der Waals surface area contributed by atoms with Crippen molar-refractivity contribution in [1.82, 2.24) is 0 Å². The minimum Gasteiger partial charge on any atom is -0.266 e. The van der Waals surface area contributed by atoms with Crippen LogP contribution in [0.15, 0.2) is 52.5 Å². The largest absolute Gasteiger partial charge is 0.296 e. The predicted molar refractivity (Wildman–Crippen MR) is 126 cm³/mol. The highest BCUT2D eigenvalue weighted by Gasteiger charge is 2.54. The smallest absolute Gasteiger partial charge is 0.266 e. The molecule has 0 aromatic heterocycles. The molecule has 0 aliphatic heterocycles. The molecule has 4 heteroatoms. The van der Waals surface area contributed by atoms with Crippen molar-refractivity contribution in [3.05, 3.63) is 53.1 Å². The van der Waals surface area contributed by atoms with E-state index in [1.807, 2.05) is 19.1 Å². The minimum atomic E-state index is -3.74. The SMILES string of the molecule is Cc1ccc(S(=O)(=O)OC[C@]2(C)CCC[C@]3(C)C4CCC(C(C)C)=CC4=CCC23)cc1. The fraction of sp³-hybridized carbons (Fsp3) is 0.630. The third-order valence-corrected chi connectivity index (χ3v) is 9.83. The Morgan fingerprint density at radius 3 is 2.52 bits per heavy atom. The van der Waals surface area contributed by atoms with Crippen molar-refractivity contribution in [2.45, 2.75) is 78.0 Å². The molecule has 1 aromatic carbocycles. The first-order valence-electron chi connectivity index (χ1n) is 11.9. The number of hydrogen-bond acceptors (Lipinski definition) is 3. The van der Waals surface area contributed by atoms with Crippen LogP contribution in [0.3, 0.4) is 0 Å². The molecule has 0 amide bonds. The van der Waals surface area contributed by atoms with Crippen LogP contribution < -0.4 is 0 Å². The summed E-state index contributed by atoms with van der Waals surface area (Å²) in [7, 11) is -3.74. The van der Waals surface area contributed by atoms with Crippen LogP contribution in [-0.4, -0.2) is 15.0 Å². The molecular weight excluding hydrogens is 404 g/mol. The zero-order valence-electron chi connectivity index (χ0n) is 19.8. The van der Waals surface area contributed by atoms with E-state index in [4.69, 9.17) is 4.18 Å². The first kappa shape index (κ1) is 22.8. The molecule has 170 valence electrons. The predicted octanol–water partition coefficient (Wildman–Crippen LogP) is 6.84. The molecule has 0 spiro atoms. The van der Waals surface area contributed by atoms with Crippen LogP contribution in [0.1, 0.15) is 71.8 Å². The first-order chi connectivity index (χ1) is 14.6. The van der Waals surface area contributed by atoms with Gasteiger partial charge in [-0.3, -0.25) is 4.18 Å². The maximum atomic E-state index is 12.9. The van der Waals surface area contributed by atoms with E-state index < -0.39 is 10.1 Å². The molecule has 3 aliphatic rings. The van der Waals surface area contributed by atoms with Crippen LogP contribution in [0.2, 0.25) is 0 Å². The van der Waals surface area contributed by atoms with Crippen molar-refractivity contribution >= 4 is 10.1 Å². The summed E-state index contributed by atoms with van der Waals surface area (Å²) < 4.78 is 31.4. The number of hydrogen-bond donors (Lipinski definition) is 0. The highest BCUT2D eigenvalue weighted by atomic mass is 32.2. The molecule has 31 heavy (non-hydrogen) atoms. The van der Waals surface area contributed by atoms with Gasteiger partial charge in [0.25, 0.3) is 10.1 Å². The number of rotatable bonds is 5. The summed E-state index contributed by atoms with van der Waals surface area (Å²) in [6, 6.07) is 6.94. The average molecular weight is 443 g/mol. The Balaban J connectivity index is 1.57. The molecule has 0 bridgehead atoms. The van der Waals surface area contributed by atoms with E-state index in [2.05, 4.69) is 39.8 Å². The molecule has 1 aromatic rings. The molecule has 0 N–H and O–H groups in total. The third-order valence-electron chi connectivity index (χ3n) is 8.56. The molecule has 4 rings (SSSR count). The maximum Gasteiger partial charge on any atom is 0.296 e. The maximum absolute atomic E-state index is 12.9. The van der Waals surface area contributed by atoms with E-state index in [0.717, 1.165) is 24.8 Å². The summed E-state index contributed by atoms with van der Waals surface area (Å²) >= 11 is 0. The van der Waals surface area contributed by atoms with E-state index in [0.29, 0.717) is 17.8 Å². The number of aryl methyl sites for hydroxylation is 1. The van der Waals surface area contributed by atoms with Crippen molar-refractivity contribution in [3.63, 3.8) is 0 Å². The molecule has 1 fully saturated rings. The zero-order valence-corrected chi connectivity index (χ0v) is 20.6. The molecule has 3 nitrogen and oxygen atoms in total. The number of fused-ring (bicyclic) bond motifs is 3. The van der Waals surface area contributed by atoms with Gasteiger partial charge < -0.3 is 0 Å². The van der Waals surface area contributed by atoms with Gasteiger partial charge in [-0.1, -0.05) is 69.5 Å². The topological polar surface area (TPSA) is 43.4 Å². The number of allylic oxidation sites excluding steroid dienone is 4. The molecule has 4 atom stereocenters. The Morgan fingerprint density at radius 2 is 1.84 bits per heavy atom. The van der Waals surface area contributed by atoms with Gasteiger partial charge in [-0.25, -0.2) is 0 Å². The van der Waals surface area contributed by atoms with E-state index in [9.17, 15) is 8.42 Å². The second kappa shape index (κ2) is 8.19. The Bertz CT molecular complexity index is 986. The normalized spacial score (nSPS) is 33.4. The second-order valence-corrected chi connectivity index (χ2v) is 12.6. The lowest BCUT2D eigenvalue weighted by atomic mass is 9.47. The average Bonchev–Trinajstić information content (AvgIpc) is 2.72. The summed E-state index contributed by atoms with van der Waals surface area (Å²) in [5, 5.41) is 0. The van der Waals surface area contributed by atoms with Crippen molar-refractivity contribution in [2.75, 3.05) is 6.61 Å². The van der Waals surface area contributed by atoms with Crippen molar-refractivity contribution in [2.24, 2.45) is 28.6 Å². The molecular formula is C27H38O3S. The Hall–Kier alpha value is -1.39. The van der Waals surface area contributed by atoms with Crippen LogP contribution in [0.25, 0.3) is 0 Å². The van der Waals surface area contributed by atoms with Gasteiger partial charge in [0, 0.05) is 0 Å². The molecule has 0 saturated heterocycles. The molecule has 2 unspecified atom stereocenters. The quantitative estimate of drug-likeness (QED) is 0.469. The van der Waals surface area contributed by atoms with Gasteiger partial charge in [0.2, 0.25) is 0 Å². The van der Waals surface area contributed by atoms with Crippen molar-refractivity contribution in [1.29, 1.82) is 0 Å². The van der Waals surface area contributed by atoms with Crippen molar-refractivity contribution < 1.29 is 12.6 Å². The van der Waals surface area contributed by atoms with Gasteiger partial charge in [0.05, 0.1) is 11.5 Å². The monoisotopic (exact) mass is 442 g/mol. The lowest BCUT2D eigenvalue weighted by Crippen LogP contribution is -2.51. The molecule has 3 aliphatic carbocycles. The summed E-state index contributed by atoms with van der Waals surface area (Å²) in [4.78, 5) is 0.254. The lowest BCUT2D eigenvalue weighted by Gasteiger charge is -2.58. The minimum absolute atomic E-state index is 0.130. The van der Waals surface area contributed by atoms with Crippen molar-refractivity contribution in [3.8, 4) is 0 Å². The molecule has 0 radical (unpaired) electrons. The summed E-state index contributed by atoms with van der Waals surface area (Å²) in [6.45, 7) is 11.5. The first-order valence-corrected chi connectivity index (χ1v) is 13.3. The summed E-state index contributed by atoms with van der Waals surface area (Å²) in [5.41, 5.74) is 4.24. The van der Waals surface area contributed by atoms with Crippen LogP contribution in [0.4, 0.5) is 0 Å². The molecule has 0 heterocycles. The van der Waals surface area contributed by atoms with E-state index >= 15 is 0 Å². The van der Waals surface area contributed by atoms with Crippen LogP contribution >= 0.6 is 0 Å². The zero-order chi connectivity index (χ0) is 22.4. The summed E-state index contributed by atoms with van der Waals surface area (Å²) in [5.74, 6) is 1.65. The fourth-order valence-corrected chi connectivity index (χ4v) is 7.66. The third kappa shape index (κ3) is 4.18. The standard InChI is InChI=1S/C27H38O3S/c1-19(2)21-9-13-24-22(17-21)10-14-25-26(4,15-6-16-27(24,25)5)18-30-31(28,29)23-11-7-20(3)8-12-23/h7-8,10-12,17,19,24-25H,6,9,13-16,18H2,1-5H3/t24?,25?,26-,27+/m0/s1. The van der Waals surface area contributed by atoms with E-state index in [1.54, 1.807) is 17.7 Å². The Morgan fingerprint density at radius 1 is 1.13 bits per heavy atom. The highest BCUT2D eigenvalue weighted by Crippen LogP contribution is 2.62. The van der Waals surface area contributed by atoms with E-state index in [-0.39, 0.29) is 22.3 Å². The van der Waals surface area contributed by atoms with Gasteiger partial charge in [0.1, 0.15) is 0 Å². The lowest BCUT2D eigenvalue weighted by molar-refractivity contribution is -0.0679. The van der Waals surface area contributed by atoms with Gasteiger partial charge in [-0.05, 0) is 85.3 Å². The van der Waals surface area contributed by atoms with Gasteiger partial charge in [-0.2, -0.15) is 8.42 Å². The van der Waals surface area contributed by atoms with Crippen LogP contribution in [0.5, 0.6) is 0 Å². The van der Waals surface area contributed by atoms with Gasteiger partial charge in [-0.15, -0.1) is 0 Å². The summed E-state index contributed by atoms with van der Waals surface area (Å²) in [6.07, 6.45) is 11.8. The highest BCUT2D eigenvalue weighted by molar-refractivity contribution is 7.86. The Kier molecular flexibility index (Phi) is 6.02. The van der Waals surface area contributed by atoms with Crippen LogP contribution in [0, 0.1) is 35.5 Å².